The van der Waals surface area contributed by atoms with Crippen LogP contribution in [0.4, 0.5) is 0 Å². The van der Waals surface area contributed by atoms with Crippen LogP contribution in [0.2, 0.25) is 0 Å². The molecule has 0 aliphatic heterocycles. The molecular weight excluding hydrogens is 267 g/mol. The molecule has 1 aromatic heterocycles. The van der Waals surface area contributed by atoms with Crippen molar-refractivity contribution in [1.82, 2.24) is 9.78 Å². The summed E-state index contributed by atoms with van der Waals surface area (Å²) in [5.41, 5.74) is 0.843. The molecule has 0 radical (unpaired) electrons. The van der Waals surface area contributed by atoms with Crippen LogP contribution in [0.15, 0.2) is 29.2 Å². The maximum atomic E-state index is 11.2. The fourth-order valence-electron chi connectivity index (χ4n) is 0.786. The third kappa shape index (κ3) is 2.44. The second-order valence-electron chi connectivity index (χ2n) is 2.63. The third-order valence-electron chi connectivity index (χ3n) is 1.26. The largest absolute Gasteiger partial charge is 0.268 e. The van der Waals surface area contributed by atoms with E-state index in [1.54, 1.807) is 12.3 Å². The minimum atomic E-state index is -0.0788. The van der Waals surface area contributed by atoms with Crippen LogP contribution >= 0.6 is 22.6 Å². The third-order valence-corrected chi connectivity index (χ3v) is 1.85. The highest BCUT2D eigenvalue weighted by Crippen LogP contribution is 1.97. The van der Waals surface area contributed by atoms with Gasteiger partial charge in [-0.2, -0.15) is 5.10 Å². The first-order chi connectivity index (χ1) is 5.59. The summed E-state index contributed by atoms with van der Waals surface area (Å²) in [6.07, 6.45) is 1.66. The van der Waals surface area contributed by atoms with Gasteiger partial charge in [-0.25, -0.2) is 4.68 Å². The first-order valence-corrected chi connectivity index (χ1v) is 4.54. The molecule has 64 valence electrons. The van der Waals surface area contributed by atoms with Crippen molar-refractivity contribution in [3.8, 4) is 0 Å². The molecule has 0 saturated heterocycles. The summed E-state index contributed by atoms with van der Waals surface area (Å²) in [7, 11) is 0. The molecule has 0 aromatic carbocycles. The van der Waals surface area contributed by atoms with Crippen molar-refractivity contribution in [2.24, 2.45) is 0 Å². The summed E-state index contributed by atoms with van der Waals surface area (Å²) >= 11 is 2.06. The van der Waals surface area contributed by atoms with E-state index in [0.717, 1.165) is 9.14 Å². The summed E-state index contributed by atoms with van der Waals surface area (Å²) in [5.74, 6) is 0. The van der Waals surface area contributed by atoms with Crippen molar-refractivity contribution in [3.05, 3.63) is 38.3 Å². The summed E-state index contributed by atoms with van der Waals surface area (Å²) < 4.78 is 2.25. The minimum Gasteiger partial charge on any atom is -0.268 e. The SMILES string of the molecule is C=C(C)Cn1ncc(I)cc1=O. The molecule has 0 aliphatic rings. The molecule has 0 bridgehead atoms. The van der Waals surface area contributed by atoms with Crippen LogP contribution < -0.4 is 5.56 Å². The standard InChI is InChI=1S/C8H9IN2O/c1-6(2)5-11-8(12)3-7(9)4-10-11/h3-4H,1,5H2,2H3. The lowest BCUT2D eigenvalue weighted by atomic mass is 10.3. The molecule has 0 unspecified atom stereocenters. The summed E-state index contributed by atoms with van der Waals surface area (Å²) in [6.45, 7) is 6.08. The van der Waals surface area contributed by atoms with Gasteiger partial charge in [-0.05, 0) is 29.5 Å². The maximum Gasteiger partial charge on any atom is 0.268 e. The number of halogens is 1. The molecule has 12 heavy (non-hydrogen) atoms. The number of rotatable bonds is 2. The van der Waals surface area contributed by atoms with E-state index < -0.39 is 0 Å². The Kier molecular flexibility index (Phi) is 3.02. The van der Waals surface area contributed by atoms with Gasteiger partial charge < -0.3 is 0 Å². The van der Waals surface area contributed by atoms with Crippen LogP contribution in [0.25, 0.3) is 0 Å². The zero-order chi connectivity index (χ0) is 9.14. The van der Waals surface area contributed by atoms with Crippen LogP contribution in [0.3, 0.4) is 0 Å². The predicted octanol–water partition coefficient (Wildman–Crippen LogP) is 1.42. The number of nitrogens with zero attached hydrogens (tertiary/aromatic N) is 2. The molecule has 0 atom stereocenters. The lowest BCUT2D eigenvalue weighted by molar-refractivity contribution is 0.630. The first kappa shape index (κ1) is 9.44. The van der Waals surface area contributed by atoms with Gasteiger partial charge in [0.15, 0.2) is 0 Å². The normalized spacial score (nSPS) is 9.83. The first-order valence-electron chi connectivity index (χ1n) is 3.46. The number of hydrogen-bond donors (Lipinski definition) is 0. The topological polar surface area (TPSA) is 34.9 Å². The van der Waals surface area contributed by atoms with Gasteiger partial charge in [0, 0.05) is 9.64 Å². The molecule has 0 saturated carbocycles. The van der Waals surface area contributed by atoms with E-state index in [-0.39, 0.29) is 5.56 Å². The zero-order valence-corrected chi connectivity index (χ0v) is 8.91. The summed E-state index contributed by atoms with van der Waals surface area (Å²) in [5, 5.41) is 3.95. The van der Waals surface area contributed by atoms with Crippen LogP contribution in [0, 0.1) is 3.57 Å². The lowest BCUT2D eigenvalue weighted by Crippen LogP contribution is -2.22. The molecule has 4 heteroatoms. The van der Waals surface area contributed by atoms with Crippen molar-refractivity contribution < 1.29 is 0 Å². The number of hydrogen-bond acceptors (Lipinski definition) is 2. The monoisotopic (exact) mass is 276 g/mol. The van der Waals surface area contributed by atoms with Gasteiger partial charge in [-0.1, -0.05) is 12.2 Å². The van der Waals surface area contributed by atoms with Crippen molar-refractivity contribution >= 4 is 22.6 Å². The smallest absolute Gasteiger partial charge is 0.268 e. The molecule has 0 N–H and O–H groups in total. The Balaban J connectivity index is 3.02. The molecule has 0 fully saturated rings. The molecule has 3 nitrogen and oxygen atoms in total. The molecule has 0 spiro atoms. The van der Waals surface area contributed by atoms with E-state index in [1.807, 2.05) is 6.92 Å². The second kappa shape index (κ2) is 3.84. The molecular formula is C8H9IN2O. The van der Waals surface area contributed by atoms with Gasteiger partial charge >= 0.3 is 0 Å². The van der Waals surface area contributed by atoms with Gasteiger partial charge in [-0.3, -0.25) is 4.79 Å². The van der Waals surface area contributed by atoms with Gasteiger partial charge in [-0.15, -0.1) is 0 Å². The predicted molar refractivity (Wildman–Crippen MR) is 56.0 cm³/mol. The number of allylic oxidation sites excluding steroid dienone is 1. The van der Waals surface area contributed by atoms with Crippen LogP contribution in [0.5, 0.6) is 0 Å². The van der Waals surface area contributed by atoms with Crippen molar-refractivity contribution in [2.75, 3.05) is 0 Å². The quantitative estimate of drug-likeness (QED) is 0.605. The van der Waals surface area contributed by atoms with Crippen molar-refractivity contribution in [2.45, 2.75) is 13.5 Å². The van der Waals surface area contributed by atoms with Gasteiger partial charge in [0.05, 0.1) is 12.7 Å². The highest BCUT2D eigenvalue weighted by atomic mass is 127. The lowest BCUT2D eigenvalue weighted by Gasteiger charge is -2.01. The Morgan fingerprint density at radius 1 is 1.83 bits per heavy atom. The summed E-state index contributed by atoms with van der Waals surface area (Å²) in [6, 6.07) is 1.55. The van der Waals surface area contributed by atoms with Gasteiger partial charge in [0.1, 0.15) is 0 Å². The Morgan fingerprint density at radius 2 is 2.50 bits per heavy atom. The molecule has 1 rings (SSSR count). The fraction of sp³-hybridized carbons (Fsp3) is 0.250. The van der Waals surface area contributed by atoms with E-state index in [0.29, 0.717) is 6.54 Å². The van der Waals surface area contributed by atoms with E-state index in [9.17, 15) is 4.79 Å². The Morgan fingerprint density at radius 3 is 3.00 bits per heavy atom. The van der Waals surface area contributed by atoms with E-state index >= 15 is 0 Å². The Hall–Kier alpha value is -0.650. The Labute approximate surface area is 84.2 Å². The molecule has 0 aliphatic carbocycles. The number of aromatic nitrogens is 2. The zero-order valence-electron chi connectivity index (χ0n) is 6.75. The second-order valence-corrected chi connectivity index (χ2v) is 3.87. The van der Waals surface area contributed by atoms with Crippen molar-refractivity contribution in [1.29, 1.82) is 0 Å². The minimum absolute atomic E-state index is 0.0788. The average Bonchev–Trinajstić information content (AvgIpc) is 1.94. The highest BCUT2D eigenvalue weighted by molar-refractivity contribution is 14.1. The highest BCUT2D eigenvalue weighted by Gasteiger charge is 1.96. The van der Waals surface area contributed by atoms with Gasteiger partial charge in [0.2, 0.25) is 0 Å². The van der Waals surface area contributed by atoms with Crippen LogP contribution in [-0.4, -0.2) is 9.78 Å². The maximum absolute atomic E-state index is 11.2. The van der Waals surface area contributed by atoms with E-state index in [4.69, 9.17) is 0 Å². The van der Waals surface area contributed by atoms with Crippen LogP contribution in [-0.2, 0) is 6.54 Å². The fourth-order valence-corrected chi connectivity index (χ4v) is 1.18. The average molecular weight is 276 g/mol. The van der Waals surface area contributed by atoms with Crippen molar-refractivity contribution in [3.63, 3.8) is 0 Å². The molecule has 1 aromatic rings. The summed E-state index contributed by atoms with van der Waals surface area (Å²) in [4.78, 5) is 11.2. The molecule has 1 heterocycles. The molecule has 0 amide bonds. The Bertz CT molecular complexity index is 356. The van der Waals surface area contributed by atoms with Gasteiger partial charge in [0.25, 0.3) is 5.56 Å². The van der Waals surface area contributed by atoms with E-state index in [2.05, 4.69) is 34.3 Å². The van der Waals surface area contributed by atoms with Crippen LogP contribution in [0.1, 0.15) is 6.92 Å². The van der Waals surface area contributed by atoms with E-state index in [1.165, 1.54) is 4.68 Å².